The average Bonchev–Trinajstić information content (AvgIpc) is 2.05. The lowest BCUT2D eigenvalue weighted by Gasteiger charge is -2.15. The van der Waals surface area contributed by atoms with Crippen LogP contribution in [-0.2, 0) is 10.2 Å². The fourth-order valence-corrected chi connectivity index (χ4v) is 0.825. The smallest absolute Gasteiger partial charge is 0.212 e. The lowest BCUT2D eigenvalue weighted by molar-refractivity contribution is -0.111. The zero-order valence-corrected chi connectivity index (χ0v) is 7.04. The summed E-state index contributed by atoms with van der Waals surface area (Å²) in [7, 11) is 0. The third-order valence-electron chi connectivity index (χ3n) is 1.77. The van der Waals surface area contributed by atoms with Crippen molar-refractivity contribution in [2.45, 2.75) is 19.3 Å². The van der Waals surface area contributed by atoms with E-state index in [2.05, 4.69) is 4.98 Å². The van der Waals surface area contributed by atoms with Gasteiger partial charge in [-0.3, -0.25) is 0 Å². The minimum absolute atomic E-state index is 0.527. The van der Waals surface area contributed by atoms with Crippen molar-refractivity contribution in [2.75, 3.05) is 0 Å². The first-order chi connectivity index (χ1) is 5.56. The van der Waals surface area contributed by atoms with Gasteiger partial charge in [-0.1, -0.05) is 6.07 Å². The average molecular weight is 167 g/mol. The summed E-state index contributed by atoms with van der Waals surface area (Å²) in [5.41, 5.74) is 0.139. The minimum atomic E-state index is -0.583. The molecule has 0 saturated carbocycles. The van der Waals surface area contributed by atoms with Crippen LogP contribution in [0.2, 0.25) is 0 Å². The number of carbonyl (C=O) groups excluding carboxylic acids is 1. The van der Waals surface area contributed by atoms with E-state index in [9.17, 15) is 9.18 Å². The first kappa shape index (κ1) is 8.84. The van der Waals surface area contributed by atoms with Crippen LogP contribution in [0.1, 0.15) is 19.4 Å². The van der Waals surface area contributed by atoms with Crippen LogP contribution in [0.3, 0.4) is 0 Å². The molecule has 0 bridgehead atoms. The summed E-state index contributed by atoms with van der Waals surface area (Å²) in [5.74, 6) is -0.527. The van der Waals surface area contributed by atoms with E-state index in [0.29, 0.717) is 0 Å². The van der Waals surface area contributed by atoms with E-state index in [1.807, 2.05) is 0 Å². The van der Waals surface area contributed by atoms with Crippen LogP contribution in [-0.4, -0.2) is 11.3 Å². The van der Waals surface area contributed by atoms with Crippen molar-refractivity contribution in [1.29, 1.82) is 0 Å². The Balaban J connectivity index is 3.04. The highest BCUT2D eigenvalue weighted by atomic mass is 19.1. The van der Waals surface area contributed by atoms with Crippen LogP contribution in [0.5, 0.6) is 0 Å². The van der Waals surface area contributed by atoms with Crippen LogP contribution >= 0.6 is 0 Å². The quantitative estimate of drug-likeness (QED) is 0.495. The van der Waals surface area contributed by atoms with Crippen molar-refractivity contribution in [3.63, 3.8) is 0 Å². The molecule has 0 radical (unpaired) electrons. The van der Waals surface area contributed by atoms with Gasteiger partial charge >= 0.3 is 0 Å². The zero-order chi connectivity index (χ0) is 9.19. The third-order valence-corrected chi connectivity index (χ3v) is 1.77. The first-order valence-electron chi connectivity index (χ1n) is 3.64. The van der Waals surface area contributed by atoms with Crippen LogP contribution < -0.4 is 0 Å². The van der Waals surface area contributed by atoms with Crippen molar-refractivity contribution >= 4 is 6.29 Å². The van der Waals surface area contributed by atoms with Gasteiger partial charge in [0.1, 0.15) is 6.29 Å². The Bertz CT molecular complexity index is 279. The van der Waals surface area contributed by atoms with Crippen LogP contribution in [0, 0.1) is 5.95 Å². The third kappa shape index (κ3) is 1.67. The molecule has 0 aliphatic rings. The second kappa shape index (κ2) is 3.01. The maximum atomic E-state index is 12.4. The number of nitrogens with zero attached hydrogens (tertiary/aromatic N) is 1. The predicted molar refractivity (Wildman–Crippen MR) is 43.3 cm³/mol. The summed E-state index contributed by atoms with van der Waals surface area (Å²) < 4.78 is 12.4. The van der Waals surface area contributed by atoms with Gasteiger partial charge in [0.05, 0.1) is 0 Å². The molecule has 0 saturated heterocycles. The van der Waals surface area contributed by atoms with Gasteiger partial charge in [0.2, 0.25) is 5.95 Å². The van der Waals surface area contributed by atoms with E-state index < -0.39 is 11.4 Å². The van der Waals surface area contributed by atoms with E-state index in [1.54, 1.807) is 19.9 Å². The molecule has 0 unspecified atom stereocenters. The number of hydrogen-bond donors (Lipinski definition) is 0. The fraction of sp³-hybridized carbons (Fsp3) is 0.333. The van der Waals surface area contributed by atoms with Crippen molar-refractivity contribution < 1.29 is 9.18 Å². The molecule has 2 nitrogen and oxygen atoms in total. The summed E-state index contributed by atoms with van der Waals surface area (Å²) in [6.45, 7) is 3.52. The summed E-state index contributed by atoms with van der Waals surface area (Å²) >= 11 is 0. The van der Waals surface area contributed by atoms with Crippen molar-refractivity contribution in [3.05, 3.63) is 29.8 Å². The van der Waals surface area contributed by atoms with E-state index in [-0.39, 0.29) is 0 Å². The minimum Gasteiger partial charge on any atom is -0.302 e. The van der Waals surface area contributed by atoms with Gasteiger partial charge in [-0.2, -0.15) is 4.39 Å². The molecule has 1 rings (SSSR count). The molecular weight excluding hydrogens is 157 g/mol. The Morgan fingerprint density at radius 3 is 2.58 bits per heavy atom. The number of rotatable bonds is 2. The van der Waals surface area contributed by atoms with Gasteiger partial charge in [-0.05, 0) is 25.5 Å². The van der Waals surface area contributed by atoms with E-state index in [4.69, 9.17) is 0 Å². The highest BCUT2D eigenvalue weighted by Crippen LogP contribution is 2.18. The Morgan fingerprint density at radius 2 is 2.17 bits per heavy atom. The fourth-order valence-electron chi connectivity index (χ4n) is 0.825. The standard InChI is InChI=1S/C9H10FNO/c1-9(2,6-12)7-3-4-8(10)11-5-7/h3-6H,1-2H3. The number of aromatic nitrogens is 1. The molecule has 0 aliphatic carbocycles. The number of carbonyl (C=O) groups is 1. The summed E-state index contributed by atoms with van der Waals surface area (Å²) in [6, 6.07) is 2.82. The second-order valence-corrected chi connectivity index (χ2v) is 3.21. The second-order valence-electron chi connectivity index (χ2n) is 3.21. The van der Waals surface area contributed by atoms with Crippen LogP contribution in [0.25, 0.3) is 0 Å². The number of hydrogen-bond acceptors (Lipinski definition) is 2. The molecule has 1 heterocycles. The number of pyridine rings is 1. The summed E-state index contributed by atoms with van der Waals surface area (Å²) in [4.78, 5) is 14.1. The largest absolute Gasteiger partial charge is 0.302 e. The molecule has 0 N–H and O–H groups in total. The number of halogens is 1. The van der Waals surface area contributed by atoms with Crippen molar-refractivity contribution in [3.8, 4) is 0 Å². The number of aldehydes is 1. The van der Waals surface area contributed by atoms with Gasteiger partial charge in [0, 0.05) is 11.6 Å². The molecule has 0 fully saturated rings. The first-order valence-corrected chi connectivity index (χ1v) is 3.64. The SMILES string of the molecule is CC(C)(C=O)c1ccc(F)nc1. The molecule has 64 valence electrons. The Morgan fingerprint density at radius 1 is 1.50 bits per heavy atom. The van der Waals surface area contributed by atoms with E-state index in [0.717, 1.165) is 11.8 Å². The van der Waals surface area contributed by atoms with Gasteiger partial charge in [-0.15, -0.1) is 0 Å². The van der Waals surface area contributed by atoms with Gasteiger partial charge in [-0.25, -0.2) is 4.98 Å². The predicted octanol–water partition coefficient (Wildman–Crippen LogP) is 1.70. The molecule has 0 aliphatic heterocycles. The van der Waals surface area contributed by atoms with Gasteiger partial charge < -0.3 is 4.79 Å². The lowest BCUT2D eigenvalue weighted by atomic mass is 9.88. The monoisotopic (exact) mass is 167 g/mol. The normalized spacial score (nSPS) is 11.2. The molecule has 1 aromatic heterocycles. The van der Waals surface area contributed by atoms with Crippen molar-refractivity contribution in [2.24, 2.45) is 0 Å². The van der Waals surface area contributed by atoms with E-state index >= 15 is 0 Å². The Labute approximate surface area is 70.4 Å². The summed E-state index contributed by atoms with van der Waals surface area (Å²) in [5, 5.41) is 0. The molecule has 0 amide bonds. The molecule has 0 aromatic carbocycles. The molecule has 1 aromatic rings. The molecule has 0 atom stereocenters. The van der Waals surface area contributed by atoms with Crippen LogP contribution in [0.4, 0.5) is 4.39 Å². The highest BCUT2D eigenvalue weighted by molar-refractivity contribution is 5.66. The molecule has 0 spiro atoms. The van der Waals surface area contributed by atoms with Gasteiger partial charge in [0.25, 0.3) is 0 Å². The topological polar surface area (TPSA) is 30.0 Å². The van der Waals surface area contributed by atoms with E-state index in [1.165, 1.54) is 12.3 Å². The van der Waals surface area contributed by atoms with Crippen molar-refractivity contribution in [1.82, 2.24) is 4.98 Å². The maximum absolute atomic E-state index is 12.4. The zero-order valence-electron chi connectivity index (χ0n) is 7.04. The summed E-state index contributed by atoms with van der Waals surface area (Å²) in [6.07, 6.45) is 2.20. The molecular formula is C9H10FNO. The molecule has 12 heavy (non-hydrogen) atoms. The Hall–Kier alpha value is -1.25. The van der Waals surface area contributed by atoms with Crippen LogP contribution in [0.15, 0.2) is 18.3 Å². The molecule has 3 heteroatoms. The highest BCUT2D eigenvalue weighted by Gasteiger charge is 2.19. The maximum Gasteiger partial charge on any atom is 0.212 e. The van der Waals surface area contributed by atoms with Gasteiger partial charge in [0.15, 0.2) is 0 Å². The lowest BCUT2D eigenvalue weighted by Crippen LogP contribution is -2.18. The Kier molecular flexibility index (Phi) is 2.22.